The van der Waals surface area contributed by atoms with Gasteiger partial charge < -0.3 is 9.15 Å². The molecule has 0 aromatic carbocycles. The van der Waals surface area contributed by atoms with Crippen molar-refractivity contribution in [2.75, 3.05) is 0 Å². The molecule has 0 N–H and O–H groups in total. The van der Waals surface area contributed by atoms with E-state index in [4.69, 9.17) is 9.15 Å². The molecule has 2 aromatic heterocycles. The first-order valence-corrected chi connectivity index (χ1v) is 5.97. The quantitative estimate of drug-likeness (QED) is 0.813. The standard InChI is InChI=1S/C11H8F3NO3S/c1-6-8(15-5-18-6)3-17-10(16)9-2-7(4-19-9)11(12,13)14/h2,4-5H,3H2,1H3. The van der Waals surface area contributed by atoms with Crippen LogP contribution in [0.25, 0.3) is 0 Å². The van der Waals surface area contributed by atoms with Crippen molar-refractivity contribution >= 4 is 17.3 Å². The van der Waals surface area contributed by atoms with E-state index in [0.29, 0.717) is 22.8 Å². The van der Waals surface area contributed by atoms with Crippen LogP contribution in [-0.2, 0) is 17.5 Å². The molecule has 2 aromatic rings. The van der Waals surface area contributed by atoms with E-state index >= 15 is 0 Å². The van der Waals surface area contributed by atoms with E-state index in [1.54, 1.807) is 6.92 Å². The van der Waals surface area contributed by atoms with Crippen molar-refractivity contribution in [2.45, 2.75) is 19.7 Å². The van der Waals surface area contributed by atoms with Gasteiger partial charge in [-0.1, -0.05) is 0 Å². The Kier molecular flexibility index (Phi) is 3.61. The monoisotopic (exact) mass is 291 g/mol. The van der Waals surface area contributed by atoms with Crippen LogP contribution in [0.1, 0.15) is 26.7 Å². The molecule has 0 unspecified atom stereocenters. The minimum atomic E-state index is -4.46. The lowest BCUT2D eigenvalue weighted by Crippen LogP contribution is -2.05. The Morgan fingerprint density at radius 3 is 2.79 bits per heavy atom. The molecule has 8 heteroatoms. The molecule has 0 aliphatic rings. The molecule has 0 radical (unpaired) electrons. The molecular weight excluding hydrogens is 283 g/mol. The Hall–Kier alpha value is -1.83. The zero-order chi connectivity index (χ0) is 14.0. The average Bonchev–Trinajstić information content (AvgIpc) is 2.93. The van der Waals surface area contributed by atoms with Crippen LogP contribution in [-0.4, -0.2) is 11.0 Å². The zero-order valence-corrected chi connectivity index (χ0v) is 10.5. The molecule has 0 saturated heterocycles. The van der Waals surface area contributed by atoms with Crippen molar-refractivity contribution in [3.63, 3.8) is 0 Å². The predicted molar refractivity (Wildman–Crippen MR) is 59.7 cm³/mol. The smallest absolute Gasteiger partial charge is 0.417 e. The fraction of sp³-hybridized carbons (Fsp3) is 0.273. The number of alkyl halides is 3. The summed E-state index contributed by atoms with van der Waals surface area (Å²) in [4.78, 5) is 15.3. The molecule has 2 rings (SSSR count). The number of hydrogen-bond acceptors (Lipinski definition) is 5. The van der Waals surface area contributed by atoms with Crippen molar-refractivity contribution in [1.29, 1.82) is 0 Å². The van der Waals surface area contributed by atoms with Crippen molar-refractivity contribution in [3.05, 3.63) is 39.7 Å². The van der Waals surface area contributed by atoms with E-state index < -0.39 is 17.7 Å². The number of rotatable bonds is 3. The summed E-state index contributed by atoms with van der Waals surface area (Å²) in [5, 5.41) is 0.873. The van der Waals surface area contributed by atoms with Gasteiger partial charge in [0.2, 0.25) is 0 Å². The van der Waals surface area contributed by atoms with Gasteiger partial charge in [0.1, 0.15) is 22.9 Å². The van der Waals surface area contributed by atoms with Gasteiger partial charge in [-0.3, -0.25) is 0 Å². The Bertz CT molecular complexity index is 588. The van der Waals surface area contributed by atoms with Crippen LogP contribution in [0, 0.1) is 6.92 Å². The lowest BCUT2D eigenvalue weighted by Gasteiger charge is -2.02. The number of aromatic nitrogens is 1. The maximum absolute atomic E-state index is 12.4. The minimum Gasteiger partial charge on any atom is -0.455 e. The number of ether oxygens (including phenoxy) is 1. The Balaban J connectivity index is 2.01. The Morgan fingerprint density at radius 2 is 2.26 bits per heavy atom. The molecule has 102 valence electrons. The lowest BCUT2D eigenvalue weighted by atomic mass is 10.3. The second-order valence-electron chi connectivity index (χ2n) is 3.63. The normalized spacial score (nSPS) is 11.6. The molecule has 0 spiro atoms. The number of hydrogen-bond donors (Lipinski definition) is 0. The highest BCUT2D eigenvalue weighted by molar-refractivity contribution is 7.12. The highest BCUT2D eigenvalue weighted by Gasteiger charge is 2.32. The van der Waals surface area contributed by atoms with Gasteiger partial charge in [0, 0.05) is 5.38 Å². The number of carbonyl (C=O) groups excluding carboxylic acids is 1. The van der Waals surface area contributed by atoms with Gasteiger partial charge in [-0.15, -0.1) is 11.3 Å². The summed E-state index contributed by atoms with van der Waals surface area (Å²) in [6, 6.07) is 0.767. The van der Waals surface area contributed by atoms with Crippen molar-refractivity contribution in [1.82, 2.24) is 4.98 Å². The van der Waals surface area contributed by atoms with E-state index in [-0.39, 0.29) is 11.5 Å². The average molecular weight is 291 g/mol. The topological polar surface area (TPSA) is 52.3 Å². The lowest BCUT2D eigenvalue weighted by molar-refractivity contribution is -0.137. The van der Waals surface area contributed by atoms with E-state index in [9.17, 15) is 18.0 Å². The van der Waals surface area contributed by atoms with Gasteiger partial charge in [0.15, 0.2) is 6.39 Å². The summed E-state index contributed by atoms with van der Waals surface area (Å²) in [5.41, 5.74) is -0.428. The first kappa shape index (κ1) is 13.6. The maximum Gasteiger partial charge on any atom is 0.417 e. The van der Waals surface area contributed by atoms with Gasteiger partial charge in [0.25, 0.3) is 0 Å². The summed E-state index contributed by atoms with van der Waals surface area (Å²) in [7, 11) is 0. The number of oxazole rings is 1. The Labute approximate surface area is 109 Å². The van der Waals surface area contributed by atoms with Gasteiger partial charge in [-0.2, -0.15) is 13.2 Å². The second-order valence-corrected chi connectivity index (χ2v) is 4.54. The summed E-state index contributed by atoms with van der Waals surface area (Å²) >= 11 is 0.688. The molecule has 0 aliphatic carbocycles. The molecule has 4 nitrogen and oxygen atoms in total. The van der Waals surface area contributed by atoms with Crippen molar-refractivity contribution in [2.24, 2.45) is 0 Å². The van der Waals surface area contributed by atoms with Crippen LogP contribution >= 0.6 is 11.3 Å². The van der Waals surface area contributed by atoms with E-state index in [0.717, 1.165) is 11.4 Å². The van der Waals surface area contributed by atoms with Crippen LogP contribution in [0.2, 0.25) is 0 Å². The Morgan fingerprint density at radius 1 is 1.53 bits per heavy atom. The van der Waals surface area contributed by atoms with E-state index in [1.165, 1.54) is 6.39 Å². The molecule has 0 saturated carbocycles. The third-order valence-corrected chi connectivity index (χ3v) is 3.22. The van der Waals surface area contributed by atoms with Crippen molar-refractivity contribution in [3.8, 4) is 0 Å². The third-order valence-electron chi connectivity index (χ3n) is 2.31. The number of carbonyl (C=O) groups is 1. The molecule has 0 bridgehead atoms. The molecule has 2 heterocycles. The highest BCUT2D eigenvalue weighted by Crippen LogP contribution is 2.32. The SMILES string of the molecule is Cc1ocnc1COC(=O)c1cc(C(F)(F)F)cs1. The van der Waals surface area contributed by atoms with Crippen LogP contribution in [0.3, 0.4) is 0 Å². The first-order chi connectivity index (χ1) is 8.88. The summed E-state index contributed by atoms with van der Waals surface area (Å²) < 4.78 is 46.8. The van der Waals surface area contributed by atoms with E-state index in [1.807, 2.05) is 0 Å². The predicted octanol–water partition coefficient (Wildman–Crippen LogP) is 3.42. The zero-order valence-electron chi connectivity index (χ0n) is 9.65. The van der Waals surface area contributed by atoms with Crippen LogP contribution in [0.15, 0.2) is 22.3 Å². The third kappa shape index (κ3) is 3.14. The van der Waals surface area contributed by atoms with Gasteiger partial charge in [0.05, 0.1) is 5.56 Å². The second kappa shape index (κ2) is 5.04. The largest absolute Gasteiger partial charge is 0.455 e. The van der Waals surface area contributed by atoms with Gasteiger partial charge >= 0.3 is 12.1 Å². The van der Waals surface area contributed by atoms with Crippen molar-refractivity contribution < 1.29 is 27.1 Å². The van der Waals surface area contributed by atoms with Gasteiger partial charge in [-0.25, -0.2) is 9.78 Å². The number of esters is 1. The summed E-state index contributed by atoms with van der Waals surface area (Å²) in [6.45, 7) is 1.50. The van der Waals surface area contributed by atoms with Crippen LogP contribution in [0.5, 0.6) is 0 Å². The molecule has 0 fully saturated rings. The fourth-order valence-corrected chi connectivity index (χ4v) is 2.07. The fourth-order valence-electron chi connectivity index (χ4n) is 1.26. The van der Waals surface area contributed by atoms with E-state index in [2.05, 4.69) is 4.98 Å². The molecule has 0 amide bonds. The number of thiophene rings is 1. The molecular formula is C11H8F3NO3S. The highest BCUT2D eigenvalue weighted by atomic mass is 32.1. The molecule has 0 aliphatic heterocycles. The molecule has 19 heavy (non-hydrogen) atoms. The number of aryl methyl sites for hydroxylation is 1. The van der Waals surface area contributed by atoms with Crippen LogP contribution in [0.4, 0.5) is 13.2 Å². The molecule has 0 atom stereocenters. The number of nitrogens with zero attached hydrogens (tertiary/aromatic N) is 1. The van der Waals surface area contributed by atoms with Gasteiger partial charge in [-0.05, 0) is 13.0 Å². The van der Waals surface area contributed by atoms with Crippen LogP contribution < -0.4 is 0 Å². The summed E-state index contributed by atoms with van der Waals surface area (Å²) in [6.07, 6.45) is -3.26. The number of halogens is 3. The first-order valence-electron chi connectivity index (χ1n) is 5.09. The summed E-state index contributed by atoms with van der Waals surface area (Å²) in [5.74, 6) is -0.321. The maximum atomic E-state index is 12.4. The minimum absolute atomic E-state index is 0.103.